The molecular weight excluding hydrogens is 336 g/mol. The molecule has 0 saturated heterocycles. The number of H-pyrrole nitrogens is 1. The van der Waals surface area contributed by atoms with Crippen LogP contribution in [0.1, 0.15) is 35.7 Å². The van der Waals surface area contributed by atoms with Crippen molar-refractivity contribution in [2.45, 2.75) is 30.6 Å². The number of benzene rings is 1. The molecule has 0 aliphatic heterocycles. The lowest BCUT2D eigenvalue weighted by atomic mass is 9.96. The van der Waals surface area contributed by atoms with Crippen LogP contribution in [0.2, 0.25) is 0 Å². The van der Waals surface area contributed by atoms with Crippen LogP contribution in [-0.4, -0.2) is 29.9 Å². The van der Waals surface area contributed by atoms with E-state index in [0.717, 1.165) is 40.6 Å². The molecule has 0 amide bonds. The normalized spacial score (nSPS) is 14.6. The Morgan fingerprint density at radius 3 is 2.68 bits per heavy atom. The van der Waals surface area contributed by atoms with Crippen molar-refractivity contribution in [1.29, 1.82) is 5.26 Å². The van der Waals surface area contributed by atoms with E-state index < -0.39 is 9.84 Å². The van der Waals surface area contributed by atoms with Crippen LogP contribution >= 0.6 is 0 Å². The predicted octanol–water partition coefficient (Wildman–Crippen LogP) is 3.09. The van der Waals surface area contributed by atoms with Crippen molar-refractivity contribution >= 4 is 20.7 Å². The number of aryl methyl sites for hydroxylation is 1. The van der Waals surface area contributed by atoms with Crippen LogP contribution in [0.25, 0.3) is 22.0 Å². The lowest BCUT2D eigenvalue weighted by Gasteiger charge is -2.10. The fourth-order valence-corrected chi connectivity index (χ4v) is 4.24. The van der Waals surface area contributed by atoms with Crippen LogP contribution in [0.4, 0.5) is 0 Å². The minimum absolute atomic E-state index is 0.296. The van der Waals surface area contributed by atoms with Gasteiger partial charge in [-0.15, -0.1) is 0 Å². The molecule has 2 aromatic heterocycles. The zero-order valence-electron chi connectivity index (χ0n) is 13.9. The molecule has 7 heteroatoms. The summed E-state index contributed by atoms with van der Waals surface area (Å²) in [5, 5.41) is 17.9. The van der Waals surface area contributed by atoms with Crippen LogP contribution in [0, 0.1) is 18.3 Å². The minimum atomic E-state index is -3.29. The molecule has 2 heterocycles. The maximum absolute atomic E-state index is 11.9. The van der Waals surface area contributed by atoms with Gasteiger partial charge in [0.15, 0.2) is 9.84 Å². The van der Waals surface area contributed by atoms with Crippen molar-refractivity contribution in [3.05, 3.63) is 41.3 Å². The number of aromatic amines is 1. The molecule has 126 valence electrons. The van der Waals surface area contributed by atoms with Crippen LogP contribution in [0.3, 0.4) is 0 Å². The third-order valence-corrected chi connectivity index (χ3v) is 5.82. The average Bonchev–Trinajstić information content (AvgIpc) is 3.31. The van der Waals surface area contributed by atoms with Crippen LogP contribution < -0.4 is 0 Å². The maximum atomic E-state index is 11.9. The Kier molecular flexibility index (Phi) is 3.41. The average molecular weight is 352 g/mol. The largest absolute Gasteiger partial charge is 0.276 e. The number of fused-ring (bicyclic) bond motifs is 1. The first-order chi connectivity index (χ1) is 11.9. The van der Waals surface area contributed by atoms with Crippen LogP contribution in [0.5, 0.6) is 0 Å². The van der Waals surface area contributed by atoms with Gasteiger partial charge >= 0.3 is 0 Å². The SMILES string of the molecule is Cc1cc(-c2c(C#N)ncc3[nH]nc(C4CC4)c23)ccc1S(C)(=O)=O. The number of sulfone groups is 1. The van der Waals surface area contributed by atoms with E-state index >= 15 is 0 Å². The van der Waals surface area contributed by atoms with Gasteiger partial charge in [0, 0.05) is 23.1 Å². The second-order valence-corrected chi connectivity index (χ2v) is 8.50. The zero-order valence-corrected chi connectivity index (χ0v) is 14.7. The highest BCUT2D eigenvalue weighted by atomic mass is 32.2. The number of rotatable bonds is 3. The Labute approximate surface area is 145 Å². The Hall–Kier alpha value is -2.72. The summed E-state index contributed by atoms with van der Waals surface area (Å²) in [6, 6.07) is 7.29. The van der Waals surface area contributed by atoms with Gasteiger partial charge in [-0.3, -0.25) is 5.10 Å². The molecule has 25 heavy (non-hydrogen) atoms. The number of nitrogens with one attached hydrogen (secondary N) is 1. The molecule has 1 saturated carbocycles. The van der Waals surface area contributed by atoms with E-state index in [1.165, 1.54) is 6.26 Å². The third kappa shape index (κ3) is 2.59. The van der Waals surface area contributed by atoms with Gasteiger partial charge in [-0.2, -0.15) is 10.4 Å². The first kappa shape index (κ1) is 15.8. The highest BCUT2D eigenvalue weighted by Crippen LogP contribution is 2.45. The monoisotopic (exact) mass is 352 g/mol. The summed E-state index contributed by atoms with van der Waals surface area (Å²) in [4.78, 5) is 4.54. The second-order valence-electron chi connectivity index (χ2n) is 6.52. The van der Waals surface area contributed by atoms with Crippen LogP contribution in [0.15, 0.2) is 29.3 Å². The van der Waals surface area contributed by atoms with E-state index in [1.54, 1.807) is 31.3 Å². The van der Waals surface area contributed by atoms with E-state index in [4.69, 9.17) is 0 Å². The van der Waals surface area contributed by atoms with Gasteiger partial charge in [-0.25, -0.2) is 13.4 Å². The Morgan fingerprint density at radius 2 is 2.08 bits per heavy atom. The van der Waals surface area contributed by atoms with Crippen molar-refractivity contribution in [1.82, 2.24) is 15.2 Å². The summed E-state index contributed by atoms with van der Waals surface area (Å²) in [5.74, 6) is 0.415. The number of nitrogens with zero attached hydrogens (tertiary/aromatic N) is 3. The number of hydrogen-bond donors (Lipinski definition) is 1. The molecule has 0 radical (unpaired) electrons. The molecule has 0 bridgehead atoms. The number of nitriles is 1. The molecule has 1 fully saturated rings. The van der Waals surface area contributed by atoms with Crippen molar-refractivity contribution in [3.8, 4) is 17.2 Å². The molecular formula is C18H16N4O2S. The summed E-state index contributed by atoms with van der Waals surface area (Å²) in [6.45, 7) is 1.76. The molecule has 3 aromatic rings. The molecule has 0 spiro atoms. The van der Waals surface area contributed by atoms with Crippen LogP contribution in [-0.2, 0) is 9.84 Å². The third-order valence-electron chi connectivity index (χ3n) is 4.56. The van der Waals surface area contributed by atoms with Gasteiger partial charge in [0.05, 0.1) is 22.3 Å². The Bertz CT molecular complexity index is 1150. The second kappa shape index (κ2) is 5.39. The van der Waals surface area contributed by atoms with Gasteiger partial charge in [-0.1, -0.05) is 12.1 Å². The number of pyridine rings is 1. The first-order valence-electron chi connectivity index (χ1n) is 7.98. The van der Waals surface area contributed by atoms with Gasteiger partial charge in [-0.05, 0) is 37.0 Å². The molecule has 1 aliphatic carbocycles. The summed E-state index contributed by atoms with van der Waals surface area (Å²) < 4.78 is 23.7. The van der Waals surface area contributed by atoms with Crippen molar-refractivity contribution in [2.24, 2.45) is 0 Å². The maximum Gasteiger partial charge on any atom is 0.175 e. The minimum Gasteiger partial charge on any atom is -0.276 e. The molecule has 1 N–H and O–H groups in total. The van der Waals surface area contributed by atoms with Gasteiger partial charge in [0.1, 0.15) is 11.8 Å². The molecule has 0 atom stereocenters. The van der Waals surface area contributed by atoms with E-state index in [2.05, 4.69) is 21.3 Å². The van der Waals surface area contributed by atoms with E-state index in [1.807, 2.05) is 0 Å². The molecule has 1 aliphatic rings. The van der Waals surface area contributed by atoms with Crippen molar-refractivity contribution in [2.75, 3.05) is 6.26 Å². The fourth-order valence-electron chi connectivity index (χ4n) is 3.28. The number of aromatic nitrogens is 3. The van der Waals surface area contributed by atoms with E-state index in [0.29, 0.717) is 22.1 Å². The first-order valence-corrected chi connectivity index (χ1v) is 9.87. The topological polar surface area (TPSA) is 99.5 Å². The summed E-state index contributed by atoms with van der Waals surface area (Å²) in [7, 11) is -3.29. The molecule has 4 rings (SSSR count). The molecule has 6 nitrogen and oxygen atoms in total. The zero-order chi connectivity index (χ0) is 17.8. The van der Waals surface area contributed by atoms with Gasteiger partial charge in [0.25, 0.3) is 0 Å². The smallest absolute Gasteiger partial charge is 0.175 e. The summed E-state index contributed by atoms with van der Waals surface area (Å²) >= 11 is 0. The van der Waals surface area contributed by atoms with Gasteiger partial charge < -0.3 is 0 Å². The summed E-state index contributed by atoms with van der Waals surface area (Å²) in [6.07, 6.45) is 5.01. The van der Waals surface area contributed by atoms with Crippen molar-refractivity contribution < 1.29 is 8.42 Å². The summed E-state index contributed by atoms with van der Waals surface area (Å²) in [5.41, 5.74) is 4.23. The molecule has 1 aromatic carbocycles. The van der Waals surface area contributed by atoms with Gasteiger partial charge in [0.2, 0.25) is 0 Å². The quantitative estimate of drug-likeness (QED) is 0.781. The predicted molar refractivity (Wildman–Crippen MR) is 93.9 cm³/mol. The Balaban J connectivity index is 2.02. The van der Waals surface area contributed by atoms with Crippen molar-refractivity contribution in [3.63, 3.8) is 0 Å². The standard InChI is InChI=1S/C18H16N4O2S/c1-10-7-12(5-6-15(10)25(2,23)24)16-13(8-19)20-9-14-17(16)18(22-21-14)11-3-4-11/h5-7,9,11H,3-4H2,1-2H3,(H,21,22). The van der Waals surface area contributed by atoms with E-state index in [-0.39, 0.29) is 0 Å². The highest BCUT2D eigenvalue weighted by Gasteiger charge is 2.30. The van der Waals surface area contributed by atoms with E-state index in [9.17, 15) is 13.7 Å². The number of hydrogen-bond acceptors (Lipinski definition) is 5. The lowest BCUT2D eigenvalue weighted by Crippen LogP contribution is -2.00. The Morgan fingerprint density at radius 1 is 1.32 bits per heavy atom. The lowest BCUT2D eigenvalue weighted by molar-refractivity contribution is 0.601. The fraction of sp³-hybridized carbons (Fsp3) is 0.278. The highest BCUT2D eigenvalue weighted by molar-refractivity contribution is 7.90. The molecule has 0 unspecified atom stereocenters.